The highest BCUT2D eigenvalue weighted by atomic mass is 35.5. The minimum absolute atomic E-state index is 0. The van der Waals surface area contributed by atoms with Crippen LogP contribution < -0.4 is 9.05 Å². The van der Waals surface area contributed by atoms with Gasteiger partial charge in [0, 0.05) is 11.1 Å². The summed E-state index contributed by atoms with van der Waals surface area (Å²) in [6.07, 6.45) is 0. The van der Waals surface area contributed by atoms with Gasteiger partial charge in [0.25, 0.3) is 0 Å². The van der Waals surface area contributed by atoms with E-state index in [1.165, 1.54) is 0 Å². The maximum Gasteiger partial charge on any atom is 0.584 e. The molecule has 2 aromatic carbocycles. The SMILES string of the molecule is CC(C)(C)c1ccc(OP(=O)(O)Oc2ccc(C(C)(C)C)cc2C(C)(C)C)c(C(C)(C)C)c1.Cl. The summed E-state index contributed by atoms with van der Waals surface area (Å²) in [5, 5.41) is 0. The molecule has 0 unspecified atom stereocenters. The van der Waals surface area contributed by atoms with Crippen molar-refractivity contribution in [2.45, 2.75) is 105 Å². The summed E-state index contributed by atoms with van der Waals surface area (Å²) in [6.45, 7) is 25.2. The molecule has 0 aliphatic heterocycles. The van der Waals surface area contributed by atoms with E-state index < -0.39 is 7.82 Å². The van der Waals surface area contributed by atoms with Crippen LogP contribution in [-0.4, -0.2) is 4.89 Å². The second kappa shape index (κ2) is 9.88. The fourth-order valence-corrected chi connectivity index (χ4v) is 4.44. The zero-order valence-corrected chi connectivity index (χ0v) is 24.7. The Bertz CT molecular complexity index is 967. The lowest BCUT2D eigenvalue weighted by molar-refractivity contribution is 0.286. The van der Waals surface area contributed by atoms with Gasteiger partial charge in [-0.05, 0) is 44.9 Å². The Balaban J connectivity index is 0.00000578. The molecule has 0 spiro atoms. The van der Waals surface area contributed by atoms with E-state index in [-0.39, 0.29) is 34.1 Å². The van der Waals surface area contributed by atoms with Crippen LogP contribution >= 0.6 is 20.2 Å². The molecule has 0 radical (unpaired) electrons. The van der Waals surface area contributed by atoms with Crippen LogP contribution in [0.4, 0.5) is 0 Å². The molecule has 0 saturated carbocycles. The van der Waals surface area contributed by atoms with Crippen LogP contribution in [0.25, 0.3) is 0 Å². The maximum atomic E-state index is 13.2. The van der Waals surface area contributed by atoms with Crippen LogP contribution in [0.15, 0.2) is 36.4 Å². The molecule has 0 aromatic heterocycles. The van der Waals surface area contributed by atoms with Crippen LogP contribution in [0.1, 0.15) is 105 Å². The fourth-order valence-electron chi connectivity index (χ4n) is 3.59. The normalized spacial score (nSPS) is 13.3. The van der Waals surface area contributed by atoms with Crippen molar-refractivity contribution in [1.29, 1.82) is 0 Å². The van der Waals surface area contributed by atoms with Crippen LogP contribution in [0, 0.1) is 0 Å². The van der Waals surface area contributed by atoms with Gasteiger partial charge in [-0.25, -0.2) is 4.57 Å². The van der Waals surface area contributed by atoms with Crippen LogP contribution in [0.5, 0.6) is 11.5 Å². The molecule has 4 nitrogen and oxygen atoms in total. The number of hydrogen-bond acceptors (Lipinski definition) is 3. The minimum Gasteiger partial charge on any atom is -0.395 e. The highest BCUT2D eigenvalue weighted by molar-refractivity contribution is 7.48. The Morgan fingerprint density at radius 1 is 0.588 bits per heavy atom. The van der Waals surface area contributed by atoms with Crippen molar-refractivity contribution in [1.82, 2.24) is 0 Å². The number of benzene rings is 2. The van der Waals surface area contributed by atoms with Gasteiger partial charge >= 0.3 is 7.82 Å². The van der Waals surface area contributed by atoms with Crippen molar-refractivity contribution in [3.05, 3.63) is 58.7 Å². The minimum atomic E-state index is -4.44. The molecule has 6 heteroatoms. The molecule has 0 heterocycles. The smallest absolute Gasteiger partial charge is 0.395 e. The molecule has 0 fully saturated rings. The number of hydrogen-bond donors (Lipinski definition) is 1. The molecule has 2 rings (SSSR count). The summed E-state index contributed by atoms with van der Waals surface area (Å²) in [5.74, 6) is 0.731. The standard InChI is InChI=1S/C28H43O4P.ClH/c1-25(2,3)19-13-15-23(21(17-19)27(7,8)9)31-33(29,30)32-24-16-14-20(26(4,5)6)18-22(24)28(10,11)12;/h13-18H,1-12H3,(H,29,30);1H. The third-order valence-electron chi connectivity index (χ3n) is 5.73. The van der Waals surface area contributed by atoms with E-state index in [4.69, 9.17) is 9.05 Å². The fraction of sp³-hybridized carbons (Fsp3) is 0.571. The Hall–Kier alpha value is -1.48. The molecule has 0 aliphatic carbocycles. The second-order valence-corrected chi connectivity index (χ2v) is 14.4. The quantitative estimate of drug-likeness (QED) is 0.417. The summed E-state index contributed by atoms with van der Waals surface area (Å²) in [4.78, 5) is 10.8. The van der Waals surface area contributed by atoms with Crippen LogP contribution in [0.3, 0.4) is 0 Å². The van der Waals surface area contributed by atoms with Gasteiger partial charge in [-0.15, -0.1) is 12.4 Å². The zero-order valence-electron chi connectivity index (χ0n) is 23.0. The topological polar surface area (TPSA) is 55.8 Å². The average Bonchev–Trinajstić information content (AvgIpc) is 2.57. The molecular formula is C28H44ClO4P. The van der Waals surface area contributed by atoms with E-state index in [0.717, 1.165) is 22.3 Å². The van der Waals surface area contributed by atoms with Gasteiger partial charge in [0.15, 0.2) is 0 Å². The van der Waals surface area contributed by atoms with E-state index in [0.29, 0.717) is 11.5 Å². The van der Waals surface area contributed by atoms with Crippen molar-refractivity contribution in [2.24, 2.45) is 0 Å². The highest BCUT2D eigenvalue weighted by Gasteiger charge is 2.33. The van der Waals surface area contributed by atoms with Crippen LogP contribution in [0.2, 0.25) is 0 Å². The molecule has 0 aliphatic rings. The van der Waals surface area contributed by atoms with Gasteiger partial charge in [0.2, 0.25) is 0 Å². The monoisotopic (exact) mass is 510 g/mol. The average molecular weight is 511 g/mol. The lowest BCUT2D eigenvalue weighted by Gasteiger charge is -2.29. The molecule has 34 heavy (non-hydrogen) atoms. The predicted octanol–water partition coefficient (Wildman–Crippen LogP) is 8.86. The van der Waals surface area contributed by atoms with Gasteiger partial charge in [0.1, 0.15) is 11.5 Å². The first-order valence-corrected chi connectivity index (χ1v) is 13.1. The highest BCUT2D eigenvalue weighted by Crippen LogP contribution is 2.50. The Kier molecular flexibility index (Phi) is 8.88. The van der Waals surface area contributed by atoms with Gasteiger partial charge < -0.3 is 9.05 Å². The number of halogens is 1. The van der Waals surface area contributed by atoms with E-state index in [9.17, 15) is 9.46 Å². The van der Waals surface area contributed by atoms with Crippen LogP contribution in [-0.2, 0) is 26.2 Å². The zero-order chi connectivity index (χ0) is 25.6. The van der Waals surface area contributed by atoms with Crippen molar-refractivity contribution in [3.63, 3.8) is 0 Å². The number of rotatable bonds is 4. The summed E-state index contributed by atoms with van der Waals surface area (Å²) in [6, 6.07) is 11.6. The summed E-state index contributed by atoms with van der Waals surface area (Å²) >= 11 is 0. The Labute approximate surface area is 213 Å². The number of phosphoric ester groups is 1. The molecule has 192 valence electrons. The lowest BCUT2D eigenvalue weighted by Crippen LogP contribution is -2.18. The van der Waals surface area contributed by atoms with E-state index in [2.05, 4.69) is 95.2 Å². The van der Waals surface area contributed by atoms with Gasteiger partial charge in [-0.1, -0.05) is 107 Å². The van der Waals surface area contributed by atoms with Crippen molar-refractivity contribution >= 4 is 20.2 Å². The Morgan fingerprint density at radius 3 is 1.12 bits per heavy atom. The molecule has 0 amide bonds. The maximum absolute atomic E-state index is 13.2. The molecule has 2 aromatic rings. The van der Waals surface area contributed by atoms with E-state index >= 15 is 0 Å². The molecular weight excluding hydrogens is 467 g/mol. The third-order valence-corrected chi connectivity index (χ3v) is 6.59. The summed E-state index contributed by atoms with van der Waals surface area (Å²) in [7, 11) is -4.44. The molecule has 0 atom stereocenters. The third kappa shape index (κ3) is 7.77. The summed E-state index contributed by atoms with van der Waals surface area (Å²) < 4.78 is 24.6. The van der Waals surface area contributed by atoms with Gasteiger partial charge in [-0.3, -0.25) is 4.89 Å². The van der Waals surface area contributed by atoms with Crippen molar-refractivity contribution in [3.8, 4) is 11.5 Å². The van der Waals surface area contributed by atoms with Crippen molar-refractivity contribution < 1.29 is 18.5 Å². The molecule has 0 bridgehead atoms. The number of phosphoric acid groups is 1. The first kappa shape index (κ1) is 30.6. The van der Waals surface area contributed by atoms with E-state index in [1.807, 2.05) is 12.1 Å². The van der Waals surface area contributed by atoms with Crippen molar-refractivity contribution in [2.75, 3.05) is 0 Å². The second-order valence-electron chi connectivity index (χ2n) is 13.1. The van der Waals surface area contributed by atoms with Gasteiger partial charge in [0.05, 0.1) is 0 Å². The van der Waals surface area contributed by atoms with E-state index in [1.54, 1.807) is 12.1 Å². The largest absolute Gasteiger partial charge is 0.584 e. The first-order chi connectivity index (χ1) is 14.6. The van der Waals surface area contributed by atoms with Gasteiger partial charge in [-0.2, -0.15) is 0 Å². The lowest BCUT2D eigenvalue weighted by atomic mass is 9.80. The molecule has 1 N–H and O–H groups in total. The molecule has 0 saturated heterocycles. The predicted molar refractivity (Wildman–Crippen MR) is 146 cm³/mol. The summed E-state index contributed by atoms with van der Waals surface area (Å²) in [5.41, 5.74) is 3.37. The first-order valence-electron chi connectivity index (χ1n) is 11.6. The Morgan fingerprint density at radius 2 is 0.882 bits per heavy atom.